The Bertz CT molecular complexity index is 786. The highest BCUT2D eigenvalue weighted by molar-refractivity contribution is 5.33. The Morgan fingerprint density at radius 2 is 2.00 bits per heavy atom. The Hall–Kier alpha value is -2.39. The lowest BCUT2D eigenvalue weighted by Crippen LogP contribution is -2.56. The number of halogens is 3. The number of ether oxygens (including phenoxy) is 2. The van der Waals surface area contributed by atoms with E-state index >= 15 is 0 Å². The molecule has 26 heavy (non-hydrogen) atoms. The number of aliphatic hydroxyl groups excluding tert-OH is 1. The average molecular weight is 369 g/mol. The van der Waals surface area contributed by atoms with Crippen LogP contribution in [0.1, 0.15) is 25.0 Å². The molecule has 1 saturated heterocycles. The van der Waals surface area contributed by atoms with E-state index in [0.717, 1.165) is 12.1 Å². The highest BCUT2D eigenvalue weighted by Crippen LogP contribution is 2.48. The quantitative estimate of drug-likeness (QED) is 0.839. The van der Waals surface area contributed by atoms with Crippen LogP contribution in [0, 0.1) is 5.41 Å². The summed E-state index contributed by atoms with van der Waals surface area (Å²) < 4.78 is 51.6. The van der Waals surface area contributed by atoms with Crippen LogP contribution < -0.4 is 0 Å². The van der Waals surface area contributed by atoms with Gasteiger partial charge >= 0.3 is 6.18 Å². The standard InChI is InChI=1S/C17H18F3N3O3/c1-12(24)7-15(2)8-25-11-26-16(15,23-10-21-9-22-23)13-3-5-14(6-4-13)17(18,19)20/h3-7,9-10,24H,8,11H2,1-2H3. The van der Waals surface area contributed by atoms with Gasteiger partial charge in [0.2, 0.25) is 5.72 Å². The largest absolute Gasteiger partial charge is 0.513 e. The summed E-state index contributed by atoms with van der Waals surface area (Å²) in [6, 6.07) is 4.66. The number of aromatic nitrogens is 3. The van der Waals surface area contributed by atoms with Crippen molar-refractivity contribution in [1.82, 2.24) is 14.8 Å². The van der Waals surface area contributed by atoms with E-state index in [4.69, 9.17) is 9.47 Å². The van der Waals surface area contributed by atoms with Crippen LogP contribution in [0.3, 0.4) is 0 Å². The topological polar surface area (TPSA) is 69.4 Å². The predicted octanol–water partition coefficient (Wildman–Crippen LogP) is 3.47. The molecule has 6 nitrogen and oxygen atoms in total. The van der Waals surface area contributed by atoms with E-state index in [1.807, 2.05) is 0 Å². The predicted molar refractivity (Wildman–Crippen MR) is 84.9 cm³/mol. The van der Waals surface area contributed by atoms with Crippen molar-refractivity contribution in [2.45, 2.75) is 25.7 Å². The lowest BCUT2D eigenvalue weighted by atomic mass is 9.74. The van der Waals surface area contributed by atoms with Gasteiger partial charge in [0.25, 0.3) is 0 Å². The maximum atomic E-state index is 12.9. The number of alkyl halides is 3. The van der Waals surface area contributed by atoms with Gasteiger partial charge < -0.3 is 14.6 Å². The second-order valence-electron chi connectivity index (χ2n) is 6.37. The number of benzene rings is 1. The number of nitrogens with zero attached hydrogens (tertiary/aromatic N) is 3. The Morgan fingerprint density at radius 3 is 2.54 bits per heavy atom. The molecule has 2 heterocycles. The molecule has 1 aliphatic rings. The van der Waals surface area contributed by atoms with Gasteiger partial charge in [-0.25, -0.2) is 9.67 Å². The molecule has 1 aliphatic heterocycles. The van der Waals surface area contributed by atoms with Crippen molar-refractivity contribution in [2.75, 3.05) is 13.4 Å². The van der Waals surface area contributed by atoms with Crippen LogP contribution in [0.4, 0.5) is 13.2 Å². The molecule has 2 unspecified atom stereocenters. The molecule has 0 amide bonds. The first kappa shape index (κ1) is 18.4. The Balaban J connectivity index is 2.21. The first-order valence-corrected chi connectivity index (χ1v) is 7.82. The molecule has 1 aromatic heterocycles. The van der Waals surface area contributed by atoms with E-state index in [-0.39, 0.29) is 19.2 Å². The van der Waals surface area contributed by atoms with Crippen molar-refractivity contribution < 1.29 is 27.8 Å². The van der Waals surface area contributed by atoms with Crippen LogP contribution in [-0.2, 0) is 21.4 Å². The van der Waals surface area contributed by atoms with Gasteiger partial charge in [-0.15, -0.1) is 0 Å². The summed E-state index contributed by atoms with van der Waals surface area (Å²) in [4.78, 5) is 3.94. The molecular formula is C17H18F3N3O3. The van der Waals surface area contributed by atoms with Crippen molar-refractivity contribution in [3.05, 3.63) is 59.9 Å². The molecule has 9 heteroatoms. The summed E-state index contributed by atoms with van der Waals surface area (Å²) in [5, 5.41) is 14.0. The maximum Gasteiger partial charge on any atom is 0.416 e. The zero-order chi connectivity index (χ0) is 19.0. The second kappa shape index (κ2) is 6.40. The van der Waals surface area contributed by atoms with E-state index < -0.39 is 22.9 Å². The van der Waals surface area contributed by atoms with Gasteiger partial charge in [0.05, 0.1) is 23.3 Å². The normalized spacial score (nSPS) is 27.5. The maximum absolute atomic E-state index is 12.9. The molecule has 3 rings (SSSR count). The summed E-state index contributed by atoms with van der Waals surface area (Å²) >= 11 is 0. The summed E-state index contributed by atoms with van der Waals surface area (Å²) in [6.45, 7) is 3.34. The molecule has 1 fully saturated rings. The minimum atomic E-state index is -4.44. The Labute approximate surface area is 147 Å². The molecule has 140 valence electrons. The van der Waals surface area contributed by atoms with E-state index in [1.165, 1.54) is 36.4 Å². The Morgan fingerprint density at radius 1 is 1.31 bits per heavy atom. The number of rotatable bonds is 3. The fraction of sp³-hybridized carbons (Fsp3) is 0.412. The number of hydrogen-bond donors (Lipinski definition) is 1. The zero-order valence-corrected chi connectivity index (χ0v) is 14.2. The second-order valence-corrected chi connectivity index (χ2v) is 6.37. The average Bonchev–Trinajstić information content (AvgIpc) is 3.08. The lowest BCUT2D eigenvalue weighted by Gasteiger charge is -2.49. The lowest BCUT2D eigenvalue weighted by molar-refractivity contribution is -0.271. The van der Waals surface area contributed by atoms with Crippen LogP contribution in [0.15, 0.2) is 48.8 Å². The monoisotopic (exact) mass is 369 g/mol. The molecule has 0 saturated carbocycles. The molecule has 0 aliphatic carbocycles. The van der Waals surface area contributed by atoms with Crippen molar-refractivity contribution >= 4 is 0 Å². The first-order chi connectivity index (χ1) is 12.2. The van der Waals surface area contributed by atoms with E-state index in [2.05, 4.69) is 10.1 Å². The zero-order valence-electron chi connectivity index (χ0n) is 14.2. The summed E-state index contributed by atoms with van der Waals surface area (Å²) in [6.07, 6.45) is -0.172. The summed E-state index contributed by atoms with van der Waals surface area (Å²) in [7, 11) is 0. The van der Waals surface area contributed by atoms with E-state index in [0.29, 0.717) is 5.56 Å². The van der Waals surface area contributed by atoms with E-state index in [1.54, 1.807) is 13.0 Å². The van der Waals surface area contributed by atoms with Gasteiger partial charge in [0.1, 0.15) is 19.4 Å². The van der Waals surface area contributed by atoms with Gasteiger partial charge in [0.15, 0.2) is 0 Å². The Kier molecular flexibility index (Phi) is 4.53. The summed E-state index contributed by atoms with van der Waals surface area (Å²) in [5.41, 5.74) is -2.63. The van der Waals surface area contributed by atoms with E-state index in [9.17, 15) is 18.3 Å². The SMILES string of the molecule is CC(O)=CC1(C)COCOC1(c1ccc(C(F)(F)F)cc1)n1cncn1. The van der Waals surface area contributed by atoms with Crippen LogP contribution >= 0.6 is 0 Å². The molecule has 1 aromatic carbocycles. The summed E-state index contributed by atoms with van der Waals surface area (Å²) in [5.74, 6) is 0.0259. The minimum absolute atomic E-state index is 0.0259. The minimum Gasteiger partial charge on any atom is -0.513 e. The van der Waals surface area contributed by atoms with Crippen molar-refractivity contribution in [2.24, 2.45) is 5.41 Å². The number of aliphatic hydroxyl groups is 1. The smallest absolute Gasteiger partial charge is 0.416 e. The third-order valence-corrected chi connectivity index (χ3v) is 4.40. The molecular weight excluding hydrogens is 351 g/mol. The van der Waals surface area contributed by atoms with Gasteiger partial charge in [-0.05, 0) is 32.1 Å². The molecule has 0 bridgehead atoms. The van der Waals surface area contributed by atoms with Crippen LogP contribution in [0.5, 0.6) is 0 Å². The van der Waals surface area contributed by atoms with Crippen molar-refractivity contribution in [1.29, 1.82) is 0 Å². The van der Waals surface area contributed by atoms with Gasteiger partial charge in [-0.1, -0.05) is 12.1 Å². The molecule has 2 aromatic rings. The van der Waals surface area contributed by atoms with Crippen molar-refractivity contribution in [3.63, 3.8) is 0 Å². The van der Waals surface area contributed by atoms with Crippen LogP contribution in [-0.4, -0.2) is 33.3 Å². The molecule has 0 spiro atoms. The first-order valence-electron chi connectivity index (χ1n) is 7.82. The van der Waals surface area contributed by atoms with Gasteiger partial charge in [-0.2, -0.15) is 18.3 Å². The van der Waals surface area contributed by atoms with Crippen molar-refractivity contribution in [3.8, 4) is 0 Å². The molecule has 2 atom stereocenters. The van der Waals surface area contributed by atoms with Gasteiger partial charge in [-0.3, -0.25) is 0 Å². The van der Waals surface area contributed by atoms with Gasteiger partial charge in [0, 0.05) is 5.56 Å². The molecule has 1 N–H and O–H groups in total. The molecule has 0 radical (unpaired) electrons. The third kappa shape index (κ3) is 2.97. The highest BCUT2D eigenvalue weighted by atomic mass is 19.4. The van der Waals surface area contributed by atoms with Crippen LogP contribution in [0.25, 0.3) is 0 Å². The third-order valence-electron chi connectivity index (χ3n) is 4.40. The number of allylic oxidation sites excluding steroid dienone is 1. The van der Waals surface area contributed by atoms with Crippen LogP contribution in [0.2, 0.25) is 0 Å². The fourth-order valence-corrected chi connectivity index (χ4v) is 3.37. The fourth-order valence-electron chi connectivity index (χ4n) is 3.37. The highest BCUT2D eigenvalue weighted by Gasteiger charge is 2.55. The number of hydrogen-bond acceptors (Lipinski definition) is 5.